The van der Waals surface area contributed by atoms with Gasteiger partial charge in [0.15, 0.2) is 6.61 Å². The van der Waals surface area contributed by atoms with E-state index < -0.39 is 5.97 Å². The molecule has 4 nitrogen and oxygen atoms in total. The number of nitrogens with zero attached hydrogens (tertiary/aromatic N) is 2. The third kappa shape index (κ3) is 2.21. The lowest BCUT2D eigenvalue weighted by atomic mass is 10.2. The van der Waals surface area contributed by atoms with E-state index in [1.807, 2.05) is 28.8 Å². The van der Waals surface area contributed by atoms with E-state index in [0.717, 1.165) is 23.9 Å². The first-order valence-corrected chi connectivity index (χ1v) is 5.90. The molecule has 0 atom stereocenters. The Bertz CT molecular complexity index is 608. The van der Waals surface area contributed by atoms with Crippen LogP contribution in [0.2, 0.25) is 0 Å². The fourth-order valence-electron chi connectivity index (χ4n) is 2.01. The second-order valence-electron chi connectivity index (χ2n) is 3.99. The molecule has 0 radical (unpaired) electrons. The Balaban J connectivity index is 2.44. The fourth-order valence-corrected chi connectivity index (χ4v) is 2.01. The molecule has 0 bridgehead atoms. The van der Waals surface area contributed by atoms with Gasteiger partial charge in [0.05, 0.1) is 5.56 Å². The molecular formula is C14H14N2O2. The van der Waals surface area contributed by atoms with Gasteiger partial charge in [-0.3, -0.25) is 0 Å². The van der Waals surface area contributed by atoms with E-state index in [9.17, 15) is 4.79 Å². The lowest BCUT2D eigenvalue weighted by Crippen LogP contribution is -2.04. The molecule has 2 aromatic rings. The summed E-state index contributed by atoms with van der Waals surface area (Å²) in [5.74, 6) is -0.442. The van der Waals surface area contributed by atoms with Crippen molar-refractivity contribution in [1.29, 1.82) is 5.26 Å². The summed E-state index contributed by atoms with van der Waals surface area (Å²) in [6.45, 7) is 2.72. The van der Waals surface area contributed by atoms with Crippen molar-refractivity contribution in [3.8, 4) is 6.07 Å². The maximum Gasteiger partial charge on any atom is 0.341 e. The first kappa shape index (κ1) is 12.2. The molecule has 0 aliphatic rings. The van der Waals surface area contributed by atoms with Gasteiger partial charge in [-0.05, 0) is 12.5 Å². The van der Waals surface area contributed by atoms with Crippen molar-refractivity contribution in [3.05, 3.63) is 36.0 Å². The molecule has 1 aromatic carbocycles. The molecule has 2 rings (SSSR count). The van der Waals surface area contributed by atoms with Gasteiger partial charge in [-0.25, -0.2) is 4.79 Å². The number of nitriles is 1. The number of rotatable bonds is 4. The number of para-hydroxylation sites is 1. The monoisotopic (exact) mass is 242 g/mol. The van der Waals surface area contributed by atoms with Gasteiger partial charge in [-0.15, -0.1) is 0 Å². The normalized spacial score (nSPS) is 10.2. The van der Waals surface area contributed by atoms with Crippen LogP contribution in [0.3, 0.4) is 0 Å². The molecule has 0 fully saturated rings. The van der Waals surface area contributed by atoms with E-state index in [-0.39, 0.29) is 6.61 Å². The lowest BCUT2D eigenvalue weighted by Gasteiger charge is -2.00. The summed E-state index contributed by atoms with van der Waals surface area (Å²) in [6.07, 6.45) is 2.79. The van der Waals surface area contributed by atoms with E-state index in [4.69, 9.17) is 10.00 Å². The summed E-state index contributed by atoms with van der Waals surface area (Å²) >= 11 is 0. The van der Waals surface area contributed by atoms with E-state index in [1.165, 1.54) is 0 Å². The molecule has 1 heterocycles. The minimum Gasteiger partial charge on any atom is -0.447 e. The number of fused-ring (bicyclic) bond motifs is 1. The van der Waals surface area contributed by atoms with Crippen molar-refractivity contribution < 1.29 is 9.53 Å². The summed E-state index contributed by atoms with van der Waals surface area (Å²) in [7, 11) is 0. The van der Waals surface area contributed by atoms with Crippen molar-refractivity contribution in [1.82, 2.24) is 4.57 Å². The zero-order chi connectivity index (χ0) is 13.0. The smallest absolute Gasteiger partial charge is 0.341 e. The number of esters is 1. The number of ether oxygens (including phenoxy) is 1. The number of hydrogen-bond donors (Lipinski definition) is 0. The summed E-state index contributed by atoms with van der Waals surface area (Å²) in [6, 6.07) is 9.50. The predicted molar refractivity (Wildman–Crippen MR) is 68.1 cm³/mol. The average molecular weight is 242 g/mol. The standard InChI is InChI=1S/C14H14N2O2/c1-2-8-16-10-12(14(17)18-9-7-15)11-5-3-4-6-13(11)16/h3-6,10H,2,8-9H2,1H3. The SMILES string of the molecule is CCCn1cc(C(=O)OCC#N)c2ccccc21. The molecule has 0 saturated heterocycles. The number of aryl methyl sites for hydroxylation is 1. The van der Waals surface area contributed by atoms with Crippen molar-refractivity contribution in [2.75, 3.05) is 6.61 Å². The van der Waals surface area contributed by atoms with Gasteiger partial charge in [0.2, 0.25) is 0 Å². The van der Waals surface area contributed by atoms with E-state index in [1.54, 1.807) is 12.3 Å². The minimum absolute atomic E-state index is 0.216. The Morgan fingerprint density at radius 3 is 2.94 bits per heavy atom. The van der Waals surface area contributed by atoms with E-state index in [2.05, 4.69) is 6.92 Å². The third-order valence-electron chi connectivity index (χ3n) is 2.74. The zero-order valence-corrected chi connectivity index (χ0v) is 10.2. The highest BCUT2D eigenvalue weighted by molar-refractivity contribution is 6.04. The molecule has 0 N–H and O–H groups in total. The van der Waals surface area contributed by atoms with Crippen molar-refractivity contribution in [3.63, 3.8) is 0 Å². The maximum absolute atomic E-state index is 11.8. The first-order valence-electron chi connectivity index (χ1n) is 5.90. The fraction of sp³-hybridized carbons (Fsp3) is 0.286. The van der Waals surface area contributed by atoms with Crippen LogP contribution in [0.15, 0.2) is 30.5 Å². The largest absolute Gasteiger partial charge is 0.447 e. The van der Waals surface area contributed by atoms with Crippen LogP contribution >= 0.6 is 0 Å². The minimum atomic E-state index is -0.442. The molecule has 0 amide bonds. The van der Waals surface area contributed by atoms with Crippen LogP contribution in [0.4, 0.5) is 0 Å². The maximum atomic E-state index is 11.8. The summed E-state index contributed by atoms with van der Waals surface area (Å²) in [5, 5.41) is 9.30. The first-order chi connectivity index (χ1) is 8.77. The topological polar surface area (TPSA) is 55.0 Å². The summed E-state index contributed by atoms with van der Waals surface area (Å²) in [5.41, 5.74) is 1.54. The molecule has 18 heavy (non-hydrogen) atoms. The number of carbonyl (C=O) groups is 1. The van der Waals surface area contributed by atoms with Gasteiger partial charge in [0.1, 0.15) is 6.07 Å². The van der Waals surface area contributed by atoms with Crippen LogP contribution in [0.25, 0.3) is 10.9 Å². The quantitative estimate of drug-likeness (QED) is 0.774. The van der Waals surface area contributed by atoms with Gasteiger partial charge in [0.25, 0.3) is 0 Å². The van der Waals surface area contributed by atoms with Crippen LogP contribution in [0.5, 0.6) is 0 Å². The van der Waals surface area contributed by atoms with E-state index in [0.29, 0.717) is 5.56 Å². The molecule has 92 valence electrons. The highest BCUT2D eigenvalue weighted by atomic mass is 16.5. The zero-order valence-electron chi connectivity index (χ0n) is 10.2. The molecule has 4 heteroatoms. The number of hydrogen-bond acceptors (Lipinski definition) is 3. The third-order valence-corrected chi connectivity index (χ3v) is 2.74. The number of carbonyl (C=O) groups excluding carboxylic acids is 1. The van der Waals surface area contributed by atoms with Gasteiger partial charge >= 0.3 is 5.97 Å². The van der Waals surface area contributed by atoms with Gasteiger partial charge in [0, 0.05) is 23.6 Å². The number of benzene rings is 1. The van der Waals surface area contributed by atoms with Crippen molar-refractivity contribution in [2.24, 2.45) is 0 Å². The Morgan fingerprint density at radius 1 is 1.44 bits per heavy atom. The van der Waals surface area contributed by atoms with Crippen molar-refractivity contribution in [2.45, 2.75) is 19.9 Å². The molecule has 1 aromatic heterocycles. The van der Waals surface area contributed by atoms with Crippen LogP contribution in [-0.2, 0) is 11.3 Å². The lowest BCUT2D eigenvalue weighted by molar-refractivity contribution is 0.0557. The van der Waals surface area contributed by atoms with Crippen LogP contribution in [0.1, 0.15) is 23.7 Å². The molecular weight excluding hydrogens is 228 g/mol. The van der Waals surface area contributed by atoms with Gasteiger partial charge in [-0.1, -0.05) is 25.1 Å². The molecule has 0 spiro atoms. The van der Waals surface area contributed by atoms with Gasteiger partial charge < -0.3 is 9.30 Å². The highest BCUT2D eigenvalue weighted by Crippen LogP contribution is 2.22. The second-order valence-corrected chi connectivity index (χ2v) is 3.99. The highest BCUT2D eigenvalue weighted by Gasteiger charge is 2.15. The Kier molecular flexibility index (Phi) is 3.63. The molecule has 0 unspecified atom stereocenters. The van der Waals surface area contributed by atoms with Crippen LogP contribution in [-0.4, -0.2) is 17.1 Å². The van der Waals surface area contributed by atoms with Gasteiger partial charge in [-0.2, -0.15) is 5.26 Å². The predicted octanol–water partition coefficient (Wildman–Crippen LogP) is 2.73. The summed E-state index contributed by atoms with van der Waals surface area (Å²) < 4.78 is 6.90. The second kappa shape index (κ2) is 5.37. The van der Waals surface area contributed by atoms with Crippen molar-refractivity contribution >= 4 is 16.9 Å². The molecule has 0 aliphatic carbocycles. The number of aromatic nitrogens is 1. The Hall–Kier alpha value is -2.28. The Labute approximate surface area is 105 Å². The van der Waals surface area contributed by atoms with Crippen LogP contribution < -0.4 is 0 Å². The Morgan fingerprint density at radius 2 is 2.22 bits per heavy atom. The molecule has 0 saturated carbocycles. The summed E-state index contributed by atoms with van der Waals surface area (Å²) in [4.78, 5) is 11.8. The average Bonchev–Trinajstić information content (AvgIpc) is 2.76. The van der Waals surface area contributed by atoms with Crippen LogP contribution in [0, 0.1) is 11.3 Å². The van der Waals surface area contributed by atoms with E-state index >= 15 is 0 Å². The molecule has 0 aliphatic heterocycles.